The molecule has 8 nitrogen and oxygen atoms in total. The predicted octanol–water partition coefficient (Wildman–Crippen LogP) is 3.09. The first-order valence-corrected chi connectivity index (χ1v) is 12.7. The summed E-state index contributed by atoms with van der Waals surface area (Å²) in [5, 5.41) is 2.77. The van der Waals surface area contributed by atoms with Crippen LogP contribution in [0.3, 0.4) is 0 Å². The molecule has 4 atom stereocenters. The van der Waals surface area contributed by atoms with Crippen LogP contribution in [0.5, 0.6) is 0 Å². The van der Waals surface area contributed by atoms with Gasteiger partial charge in [0.05, 0.1) is 18.0 Å². The number of likely N-dealkylation sites (tertiary alicyclic amines) is 2. The number of rotatable bonds is 5. The summed E-state index contributed by atoms with van der Waals surface area (Å²) in [6.45, 7) is 9.64. The molecule has 0 aromatic carbocycles. The standard InChI is InChI=1S/C25H39N3O5/c1-14(2)19(26-24(32)33-25(3,4)5)23(31)27-13-12-17-20(27)18(15-8-6-7-9-15)22(30)28(17)21(29)16-10-11-16/h14-20H,6-13H2,1-5H3,(H,26,32)/t17-,18?,19-,20-/m0/s1. The van der Waals surface area contributed by atoms with Crippen molar-refractivity contribution in [1.29, 1.82) is 0 Å². The number of fused-ring (bicyclic) bond motifs is 1. The molecule has 2 aliphatic carbocycles. The van der Waals surface area contributed by atoms with Gasteiger partial charge in [-0.3, -0.25) is 19.3 Å². The van der Waals surface area contributed by atoms with Crippen molar-refractivity contribution in [1.82, 2.24) is 15.1 Å². The van der Waals surface area contributed by atoms with Crippen LogP contribution in [0, 0.1) is 23.7 Å². The summed E-state index contributed by atoms with van der Waals surface area (Å²) in [7, 11) is 0. The lowest BCUT2D eigenvalue weighted by Crippen LogP contribution is -2.55. The Kier molecular flexibility index (Phi) is 6.49. The van der Waals surface area contributed by atoms with Crippen LogP contribution < -0.4 is 5.32 Å². The number of amides is 4. The van der Waals surface area contributed by atoms with E-state index in [1.807, 2.05) is 13.8 Å². The summed E-state index contributed by atoms with van der Waals surface area (Å²) >= 11 is 0. The zero-order chi connectivity index (χ0) is 24.1. The second kappa shape index (κ2) is 8.91. The fraction of sp³-hybridized carbons (Fsp3) is 0.840. The molecule has 0 bridgehead atoms. The van der Waals surface area contributed by atoms with Crippen molar-refractivity contribution in [2.24, 2.45) is 23.7 Å². The highest BCUT2D eigenvalue weighted by Crippen LogP contribution is 2.47. The second-order valence-electron chi connectivity index (χ2n) is 11.6. The van der Waals surface area contributed by atoms with Crippen molar-refractivity contribution in [2.45, 2.75) is 103 Å². The Labute approximate surface area is 196 Å². The monoisotopic (exact) mass is 461 g/mol. The molecule has 1 N–H and O–H groups in total. The summed E-state index contributed by atoms with van der Waals surface area (Å²) in [5.74, 6) is -0.577. The maximum atomic E-state index is 13.8. The summed E-state index contributed by atoms with van der Waals surface area (Å²) in [6.07, 6.45) is 5.81. The van der Waals surface area contributed by atoms with E-state index in [9.17, 15) is 19.2 Å². The average Bonchev–Trinajstić information content (AvgIpc) is 3.13. The van der Waals surface area contributed by atoms with E-state index < -0.39 is 17.7 Å². The molecule has 1 unspecified atom stereocenters. The first kappa shape index (κ1) is 24.0. The minimum atomic E-state index is -0.744. The topological polar surface area (TPSA) is 96.0 Å². The molecule has 0 aromatic rings. The molecule has 33 heavy (non-hydrogen) atoms. The van der Waals surface area contributed by atoms with Gasteiger partial charge in [-0.05, 0) is 64.7 Å². The average molecular weight is 462 g/mol. The number of nitrogens with one attached hydrogen (secondary N) is 1. The second-order valence-corrected chi connectivity index (χ2v) is 11.6. The summed E-state index contributed by atoms with van der Waals surface area (Å²) in [5.41, 5.74) is -0.664. The van der Waals surface area contributed by atoms with Gasteiger partial charge in [0.2, 0.25) is 17.7 Å². The number of carbonyl (C=O) groups excluding carboxylic acids is 4. The molecule has 2 saturated heterocycles. The van der Waals surface area contributed by atoms with E-state index in [1.165, 1.54) is 4.90 Å². The lowest BCUT2D eigenvalue weighted by Gasteiger charge is -2.34. The smallest absolute Gasteiger partial charge is 0.408 e. The van der Waals surface area contributed by atoms with Gasteiger partial charge in [0.1, 0.15) is 11.6 Å². The molecule has 2 saturated carbocycles. The maximum absolute atomic E-state index is 13.8. The number of imide groups is 1. The van der Waals surface area contributed by atoms with Crippen LogP contribution in [-0.2, 0) is 19.1 Å². The van der Waals surface area contributed by atoms with Crippen LogP contribution >= 0.6 is 0 Å². The molecule has 4 rings (SSSR count). The highest BCUT2D eigenvalue weighted by Gasteiger charge is 2.60. The minimum Gasteiger partial charge on any atom is -0.444 e. The number of alkyl carbamates (subject to hydrolysis) is 1. The van der Waals surface area contributed by atoms with Gasteiger partial charge in [0.15, 0.2) is 0 Å². The molecule has 8 heteroatoms. The van der Waals surface area contributed by atoms with E-state index in [1.54, 1.807) is 25.7 Å². The highest BCUT2D eigenvalue weighted by molar-refractivity contribution is 6.02. The fourth-order valence-corrected chi connectivity index (χ4v) is 5.96. The third-order valence-corrected chi connectivity index (χ3v) is 7.60. The molecule has 4 fully saturated rings. The molecular weight excluding hydrogens is 422 g/mol. The van der Waals surface area contributed by atoms with Gasteiger partial charge in [0, 0.05) is 12.5 Å². The van der Waals surface area contributed by atoms with E-state index in [0.717, 1.165) is 38.5 Å². The zero-order valence-corrected chi connectivity index (χ0v) is 20.6. The molecule has 184 valence electrons. The number of hydrogen-bond acceptors (Lipinski definition) is 5. The first-order valence-electron chi connectivity index (χ1n) is 12.7. The van der Waals surface area contributed by atoms with Gasteiger partial charge < -0.3 is 15.0 Å². The van der Waals surface area contributed by atoms with Crippen molar-refractivity contribution >= 4 is 23.8 Å². The Morgan fingerprint density at radius 1 is 1.03 bits per heavy atom. The molecule has 2 heterocycles. The predicted molar refractivity (Wildman–Crippen MR) is 122 cm³/mol. The van der Waals surface area contributed by atoms with Gasteiger partial charge in [-0.15, -0.1) is 0 Å². The van der Waals surface area contributed by atoms with Crippen LogP contribution in [0.2, 0.25) is 0 Å². The van der Waals surface area contributed by atoms with Crippen molar-refractivity contribution in [3.63, 3.8) is 0 Å². The van der Waals surface area contributed by atoms with Gasteiger partial charge in [-0.2, -0.15) is 0 Å². The normalized spacial score (nSPS) is 28.9. The minimum absolute atomic E-state index is 0.0288. The van der Waals surface area contributed by atoms with Crippen LogP contribution in [-0.4, -0.2) is 63.9 Å². The Hall–Kier alpha value is -2.12. The summed E-state index contributed by atoms with van der Waals surface area (Å²) in [4.78, 5) is 56.2. The van der Waals surface area contributed by atoms with Crippen molar-refractivity contribution in [3.05, 3.63) is 0 Å². The van der Waals surface area contributed by atoms with Gasteiger partial charge in [-0.1, -0.05) is 26.7 Å². The Bertz CT molecular complexity index is 809. The Morgan fingerprint density at radius 3 is 2.21 bits per heavy atom. The van der Waals surface area contributed by atoms with Crippen LogP contribution in [0.25, 0.3) is 0 Å². The number of hydrogen-bond donors (Lipinski definition) is 1. The highest BCUT2D eigenvalue weighted by atomic mass is 16.6. The quantitative estimate of drug-likeness (QED) is 0.635. The van der Waals surface area contributed by atoms with Crippen molar-refractivity contribution in [3.8, 4) is 0 Å². The molecule has 2 aliphatic heterocycles. The Balaban J connectivity index is 1.58. The zero-order valence-electron chi connectivity index (χ0n) is 20.6. The molecular formula is C25H39N3O5. The van der Waals surface area contributed by atoms with E-state index in [-0.39, 0.29) is 53.5 Å². The van der Waals surface area contributed by atoms with E-state index in [2.05, 4.69) is 5.32 Å². The largest absolute Gasteiger partial charge is 0.444 e. The fourth-order valence-electron chi connectivity index (χ4n) is 5.96. The van der Waals surface area contributed by atoms with Gasteiger partial charge >= 0.3 is 6.09 Å². The number of nitrogens with zero attached hydrogens (tertiary/aromatic N) is 2. The van der Waals surface area contributed by atoms with Crippen LogP contribution in [0.1, 0.15) is 79.6 Å². The lowest BCUT2D eigenvalue weighted by molar-refractivity contribution is -0.146. The molecule has 0 aromatic heterocycles. The molecule has 0 radical (unpaired) electrons. The summed E-state index contributed by atoms with van der Waals surface area (Å²) in [6, 6.07) is -1.28. The Morgan fingerprint density at radius 2 is 1.67 bits per heavy atom. The van der Waals surface area contributed by atoms with Crippen molar-refractivity contribution < 1.29 is 23.9 Å². The molecule has 0 spiro atoms. The number of carbonyl (C=O) groups is 4. The lowest BCUT2D eigenvalue weighted by atomic mass is 9.84. The van der Waals surface area contributed by atoms with E-state index >= 15 is 0 Å². The molecule has 4 aliphatic rings. The van der Waals surface area contributed by atoms with E-state index in [4.69, 9.17) is 4.74 Å². The third kappa shape index (κ3) is 4.76. The third-order valence-electron chi connectivity index (χ3n) is 7.60. The first-order chi connectivity index (χ1) is 15.5. The van der Waals surface area contributed by atoms with Gasteiger partial charge in [-0.25, -0.2) is 4.79 Å². The van der Waals surface area contributed by atoms with Crippen molar-refractivity contribution in [2.75, 3.05) is 6.54 Å². The van der Waals surface area contributed by atoms with E-state index in [0.29, 0.717) is 13.0 Å². The number of ether oxygens (including phenoxy) is 1. The van der Waals surface area contributed by atoms with Crippen LogP contribution in [0.4, 0.5) is 4.79 Å². The SMILES string of the molecule is CC(C)[C@H](NC(=O)OC(C)(C)C)C(=O)N1CC[C@H]2[C@H]1C(C1CCCC1)C(=O)N2C(=O)C1CC1. The molecule has 4 amide bonds. The maximum Gasteiger partial charge on any atom is 0.408 e. The van der Waals surface area contributed by atoms with Crippen LogP contribution in [0.15, 0.2) is 0 Å². The van der Waals surface area contributed by atoms with Gasteiger partial charge in [0.25, 0.3) is 0 Å². The summed E-state index contributed by atoms with van der Waals surface area (Å²) < 4.78 is 5.39.